The van der Waals surface area contributed by atoms with Crippen LogP contribution in [0, 0.1) is 0 Å². The molecule has 0 fully saturated rings. The van der Waals surface area contributed by atoms with Gasteiger partial charge in [0.1, 0.15) is 5.69 Å². The second-order valence-corrected chi connectivity index (χ2v) is 5.02. The molecule has 1 aromatic rings. The van der Waals surface area contributed by atoms with E-state index in [1.54, 1.807) is 7.05 Å². The van der Waals surface area contributed by atoms with E-state index in [1.807, 2.05) is 6.92 Å². The first-order valence-electron chi connectivity index (χ1n) is 8.13. The highest BCUT2D eigenvalue weighted by atomic mass is 19.4. The van der Waals surface area contributed by atoms with Gasteiger partial charge in [-0.2, -0.15) is 13.2 Å². The highest BCUT2D eigenvalue weighted by Gasteiger charge is 2.32. The van der Waals surface area contributed by atoms with Gasteiger partial charge >= 0.3 is 6.18 Å². The van der Waals surface area contributed by atoms with Crippen molar-refractivity contribution in [2.45, 2.75) is 25.9 Å². The van der Waals surface area contributed by atoms with Gasteiger partial charge in [0, 0.05) is 46.1 Å². The van der Waals surface area contributed by atoms with E-state index in [0.29, 0.717) is 19.0 Å². The van der Waals surface area contributed by atoms with Crippen molar-refractivity contribution in [1.82, 2.24) is 20.6 Å². The topological polar surface area (TPSA) is 83.5 Å². The number of aliphatic imine (C=N–C) groups is 1. The first-order valence-corrected chi connectivity index (χ1v) is 8.13. The van der Waals surface area contributed by atoms with Crippen molar-refractivity contribution >= 4 is 11.9 Å². The summed E-state index contributed by atoms with van der Waals surface area (Å²) in [6, 6.07) is 0.834. The summed E-state index contributed by atoms with van der Waals surface area (Å²) in [4.78, 5) is 11.3. The number of halogens is 3. The summed E-state index contributed by atoms with van der Waals surface area (Å²) in [6.07, 6.45) is -1.48. The van der Waals surface area contributed by atoms with Crippen LogP contribution >= 0.6 is 0 Å². The lowest BCUT2D eigenvalue weighted by atomic mass is 10.3. The lowest BCUT2D eigenvalue weighted by Crippen LogP contribution is -2.40. The molecule has 3 N–H and O–H groups in total. The summed E-state index contributed by atoms with van der Waals surface area (Å²) >= 11 is 0. The van der Waals surface area contributed by atoms with Crippen LogP contribution in [0.2, 0.25) is 0 Å². The minimum atomic E-state index is -4.48. The quantitative estimate of drug-likeness (QED) is 0.335. The summed E-state index contributed by atoms with van der Waals surface area (Å²) in [6.45, 7) is 4.99. The lowest BCUT2D eigenvalue weighted by molar-refractivity contribution is -0.141. The molecular formula is C15H25F3N6O. The Kier molecular flexibility index (Phi) is 9.60. The molecule has 0 saturated carbocycles. The number of hydrogen-bond donors (Lipinski definition) is 3. The zero-order chi connectivity index (χ0) is 18.5. The summed E-state index contributed by atoms with van der Waals surface area (Å²) in [5, 5.41) is 8.95. The monoisotopic (exact) mass is 362 g/mol. The molecule has 142 valence electrons. The molecule has 10 heteroatoms. The molecule has 25 heavy (non-hydrogen) atoms. The van der Waals surface area contributed by atoms with E-state index in [-0.39, 0.29) is 5.95 Å². The van der Waals surface area contributed by atoms with Gasteiger partial charge in [-0.25, -0.2) is 9.97 Å². The van der Waals surface area contributed by atoms with Crippen LogP contribution in [-0.2, 0) is 10.9 Å². The molecular weight excluding hydrogens is 337 g/mol. The van der Waals surface area contributed by atoms with Gasteiger partial charge in [-0.15, -0.1) is 0 Å². The van der Waals surface area contributed by atoms with Gasteiger partial charge in [0.25, 0.3) is 0 Å². The molecule has 0 atom stereocenters. The van der Waals surface area contributed by atoms with Gasteiger partial charge in [0.15, 0.2) is 5.96 Å². The van der Waals surface area contributed by atoms with Crippen molar-refractivity contribution in [3.63, 3.8) is 0 Å². The number of anilines is 1. The highest BCUT2D eigenvalue weighted by molar-refractivity contribution is 5.79. The maximum Gasteiger partial charge on any atom is 0.433 e. The van der Waals surface area contributed by atoms with Crippen molar-refractivity contribution in [3.8, 4) is 0 Å². The Labute approximate surface area is 145 Å². The third kappa shape index (κ3) is 9.08. The summed E-state index contributed by atoms with van der Waals surface area (Å²) in [5.74, 6) is 0.568. The molecule has 1 rings (SSSR count). The van der Waals surface area contributed by atoms with Gasteiger partial charge in [-0.05, 0) is 25.8 Å². The second-order valence-electron chi connectivity index (χ2n) is 5.02. The predicted molar refractivity (Wildman–Crippen MR) is 90.6 cm³/mol. The number of ether oxygens (including phenoxy) is 1. The van der Waals surface area contributed by atoms with Crippen molar-refractivity contribution in [2.75, 3.05) is 45.2 Å². The molecule has 0 amide bonds. The largest absolute Gasteiger partial charge is 0.433 e. The van der Waals surface area contributed by atoms with Gasteiger partial charge in [0.2, 0.25) is 5.95 Å². The maximum absolute atomic E-state index is 12.6. The van der Waals surface area contributed by atoms with Crippen LogP contribution in [0.5, 0.6) is 0 Å². The number of hydrogen-bond acceptors (Lipinski definition) is 5. The van der Waals surface area contributed by atoms with Crippen LogP contribution in [-0.4, -0.2) is 55.8 Å². The first-order chi connectivity index (χ1) is 12.0. The minimum Gasteiger partial charge on any atom is -0.382 e. The number of guanidine groups is 1. The lowest BCUT2D eigenvalue weighted by Gasteiger charge is -2.12. The number of nitrogens with zero attached hydrogens (tertiary/aromatic N) is 3. The molecule has 1 aromatic heterocycles. The molecule has 0 aliphatic rings. The van der Waals surface area contributed by atoms with E-state index in [1.165, 1.54) is 0 Å². The van der Waals surface area contributed by atoms with Crippen LogP contribution in [0.3, 0.4) is 0 Å². The Hall–Kier alpha value is -2.10. The number of alkyl halides is 3. The fourth-order valence-electron chi connectivity index (χ4n) is 1.86. The number of unbranched alkanes of at least 4 members (excludes halogenated alkanes) is 1. The fourth-order valence-corrected chi connectivity index (χ4v) is 1.86. The average molecular weight is 362 g/mol. The third-order valence-corrected chi connectivity index (χ3v) is 3.08. The van der Waals surface area contributed by atoms with Crippen LogP contribution < -0.4 is 16.0 Å². The zero-order valence-corrected chi connectivity index (χ0v) is 14.5. The molecule has 7 nitrogen and oxygen atoms in total. The zero-order valence-electron chi connectivity index (χ0n) is 14.5. The smallest absolute Gasteiger partial charge is 0.382 e. The molecule has 1 heterocycles. The molecule has 0 bridgehead atoms. The summed E-state index contributed by atoms with van der Waals surface area (Å²) in [5.41, 5.74) is -0.970. The minimum absolute atomic E-state index is 0.0597. The number of aromatic nitrogens is 2. The van der Waals surface area contributed by atoms with Crippen LogP contribution in [0.25, 0.3) is 0 Å². The van der Waals surface area contributed by atoms with E-state index in [9.17, 15) is 13.2 Å². The third-order valence-electron chi connectivity index (χ3n) is 3.08. The summed E-state index contributed by atoms with van der Waals surface area (Å²) < 4.78 is 42.9. The molecule has 0 saturated heterocycles. The van der Waals surface area contributed by atoms with Crippen molar-refractivity contribution in [1.29, 1.82) is 0 Å². The van der Waals surface area contributed by atoms with E-state index in [4.69, 9.17) is 4.74 Å². The Balaban J connectivity index is 2.23. The molecule has 0 aromatic carbocycles. The van der Waals surface area contributed by atoms with Crippen LogP contribution in [0.1, 0.15) is 25.5 Å². The summed E-state index contributed by atoms with van der Waals surface area (Å²) in [7, 11) is 1.65. The Morgan fingerprint density at radius 2 is 1.96 bits per heavy atom. The molecule has 0 aliphatic heterocycles. The number of rotatable bonds is 10. The van der Waals surface area contributed by atoms with Gasteiger partial charge in [-0.3, -0.25) is 4.99 Å². The fraction of sp³-hybridized carbons (Fsp3) is 0.667. The van der Waals surface area contributed by atoms with Crippen molar-refractivity contribution in [2.24, 2.45) is 4.99 Å². The Morgan fingerprint density at radius 1 is 1.20 bits per heavy atom. The molecule has 0 aliphatic carbocycles. The standard InChI is InChI=1S/C15H25F3N6O/c1-3-25-11-5-4-7-20-13(19-2)22-9-10-23-14-21-8-6-12(24-14)15(16,17)18/h6,8H,3-5,7,9-11H2,1-2H3,(H2,19,20,22)(H,21,23,24). The van der Waals surface area contributed by atoms with Crippen LogP contribution in [0.15, 0.2) is 17.3 Å². The normalized spacial score (nSPS) is 12.1. The highest BCUT2D eigenvalue weighted by Crippen LogP contribution is 2.27. The van der Waals surface area contributed by atoms with Gasteiger partial charge in [0.05, 0.1) is 0 Å². The molecule has 0 radical (unpaired) electrons. The van der Waals surface area contributed by atoms with Gasteiger partial charge in [-0.1, -0.05) is 0 Å². The van der Waals surface area contributed by atoms with E-state index >= 15 is 0 Å². The Morgan fingerprint density at radius 3 is 2.64 bits per heavy atom. The van der Waals surface area contributed by atoms with Crippen LogP contribution in [0.4, 0.5) is 19.1 Å². The number of nitrogens with one attached hydrogen (secondary N) is 3. The van der Waals surface area contributed by atoms with Gasteiger partial charge < -0.3 is 20.7 Å². The van der Waals surface area contributed by atoms with Crippen molar-refractivity contribution < 1.29 is 17.9 Å². The average Bonchev–Trinajstić information content (AvgIpc) is 2.59. The molecule has 0 spiro atoms. The van der Waals surface area contributed by atoms with E-state index in [2.05, 4.69) is 30.9 Å². The molecule has 0 unspecified atom stereocenters. The second kappa shape index (κ2) is 11.5. The maximum atomic E-state index is 12.6. The Bertz CT molecular complexity index is 524. The van der Waals surface area contributed by atoms with Crippen molar-refractivity contribution in [3.05, 3.63) is 18.0 Å². The predicted octanol–water partition coefficient (Wildman–Crippen LogP) is 1.89. The first kappa shape index (κ1) is 20.9. The van der Waals surface area contributed by atoms with E-state index in [0.717, 1.165) is 44.9 Å². The van der Waals surface area contributed by atoms with E-state index < -0.39 is 11.9 Å². The SMILES string of the molecule is CCOCCCCNC(=NC)NCCNc1nccc(C(F)(F)F)n1.